The van der Waals surface area contributed by atoms with Gasteiger partial charge >= 0.3 is 5.97 Å². The van der Waals surface area contributed by atoms with Gasteiger partial charge in [-0.15, -0.1) is 0 Å². The van der Waals surface area contributed by atoms with Crippen LogP contribution in [0.25, 0.3) is 0 Å². The van der Waals surface area contributed by atoms with Gasteiger partial charge in [-0.2, -0.15) is 5.10 Å². The molecule has 1 heterocycles. The van der Waals surface area contributed by atoms with Gasteiger partial charge in [0.15, 0.2) is 0 Å². The van der Waals surface area contributed by atoms with E-state index in [9.17, 15) is 9.59 Å². The van der Waals surface area contributed by atoms with Gasteiger partial charge in [0.25, 0.3) is 5.91 Å². The van der Waals surface area contributed by atoms with Crippen LogP contribution in [0.4, 0.5) is 0 Å². The van der Waals surface area contributed by atoms with E-state index in [-0.39, 0.29) is 5.69 Å². The highest BCUT2D eigenvalue weighted by Gasteiger charge is 2.23. The first-order valence-corrected chi connectivity index (χ1v) is 5.72. The Hall–Kier alpha value is -1.85. The minimum atomic E-state index is -0.710. The molecule has 0 aromatic carbocycles. The fraction of sp³-hybridized carbons (Fsp3) is 0.583. The lowest BCUT2D eigenvalue weighted by molar-refractivity contribution is -0.156. The molecule has 0 aliphatic heterocycles. The molecule has 1 rings (SSSR count). The van der Waals surface area contributed by atoms with Gasteiger partial charge in [0.2, 0.25) is 0 Å². The zero-order valence-corrected chi connectivity index (χ0v) is 11.4. The van der Waals surface area contributed by atoms with Crippen molar-refractivity contribution in [1.82, 2.24) is 15.1 Å². The van der Waals surface area contributed by atoms with Gasteiger partial charge in [0, 0.05) is 13.2 Å². The molecule has 100 valence electrons. The zero-order valence-electron chi connectivity index (χ0n) is 11.4. The fourth-order valence-electron chi connectivity index (χ4n) is 1.26. The van der Waals surface area contributed by atoms with Crippen molar-refractivity contribution in [2.45, 2.75) is 39.3 Å². The summed E-state index contributed by atoms with van der Waals surface area (Å²) in [4.78, 5) is 23.4. The molecule has 0 spiro atoms. The van der Waals surface area contributed by atoms with Crippen LogP contribution in [0.15, 0.2) is 12.3 Å². The van der Waals surface area contributed by atoms with Crippen LogP contribution in [0.2, 0.25) is 0 Å². The Morgan fingerprint density at radius 1 is 1.44 bits per heavy atom. The second-order valence-electron chi connectivity index (χ2n) is 5.10. The molecule has 0 aliphatic rings. The predicted octanol–water partition coefficient (Wildman–Crippen LogP) is 0.880. The van der Waals surface area contributed by atoms with E-state index in [0.717, 1.165) is 0 Å². The highest BCUT2D eigenvalue weighted by Crippen LogP contribution is 2.08. The molecule has 0 radical (unpaired) electrons. The molecule has 18 heavy (non-hydrogen) atoms. The van der Waals surface area contributed by atoms with Crippen molar-refractivity contribution in [3.05, 3.63) is 18.0 Å². The number of rotatable bonds is 3. The molecule has 1 atom stereocenters. The SMILES string of the molecule is C[C@H](NC(=O)c1ccn(C)n1)C(=O)OC(C)(C)C. The highest BCUT2D eigenvalue weighted by molar-refractivity contribution is 5.95. The molecule has 1 aromatic rings. The van der Waals surface area contributed by atoms with E-state index in [1.54, 1.807) is 47.0 Å². The third-order valence-corrected chi connectivity index (χ3v) is 2.05. The summed E-state index contributed by atoms with van der Waals surface area (Å²) in [5.74, 6) is -0.860. The summed E-state index contributed by atoms with van der Waals surface area (Å²) < 4.78 is 6.68. The summed E-state index contributed by atoms with van der Waals surface area (Å²) in [5.41, 5.74) is -0.297. The largest absolute Gasteiger partial charge is 0.458 e. The third-order valence-electron chi connectivity index (χ3n) is 2.05. The number of hydrogen-bond donors (Lipinski definition) is 1. The van der Waals surface area contributed by atoms with Crippen molar-refractivity contribution < 1.29 is 14.3 Å². The summed E-state index contributed by atoms with van der Waals surface area (Å²) >= 11 is 0. The maximum atomic E-state index is 11.7. The standard InChI is InChI=1S/C12H19N3O3/c1-8(11(17)18-12(2,3)4)13-10(16)9-6-7-15(5)14-9/h6-8H,1-5H3,(H,13,16)/t8-/m0/s1. The Labute approximate surface area is 106 Å². The molecule has 1 amide bonds. The number of ether oxygens (including phenoxy) is 1. The van der Waals surface area contributed by atoms with Gasteiger partial charge < -0.3 is 10.1 Å². The molecule has 1 aromatic heterocycles. The average molecular weight is 253 g/mol. The van der Waals surface area contributed by atoms with E-state index >= 15 is 0 Å². The minimum Gasteiger partial charge on any atom is -0.458 e. The molecule has 1 N–H and O–H groups in total. The van der Waals surface area contributed by atoms with E-state index in [4.69, 9.17) is 4.74 Å². The number of hydrogen-bond acceptors (Lipinski definition) is 4. The molecule has 6 heteroatoms. The maximum absolute atomic E-state index is 11.7. The maximum Gasteiger partial charge on any atom is 0.328 e. The number of nitrogens with zero attached hydrogens (tertiary/aromatic N) is 2. The van der Waals surface area contributed by atoms with Crippen molar-refractivity contribution in [3.63, 3.8) is 0 Å². The van der Waals surface area contributed by atoms with Gasteiger partial charge in [-0.25, -0.2) is 4.79 Å². The lowest BCUT2D eigenvalue weighted by Gasteiger charge is -2.22. The van der Waals surface area contributed by atoms with Gasteiger partial charge in [-0.3, -0.25) is 9.48 Å². The summed E-state index contributed by atoms with van der Waals surface area (Å²) in [7, 11) is 1.72. The first kappa shape index (κ1) is 14.2. The first-order valence-electron chi connectivity index (χ1n) is 5.72. The molecule has 0 fully saturated rings. The number of esters is 1. The zero-order chi connectivity index (χ0) is 13.9. The third kappa shape index (κ3) is 4.20. The Morgan fingerprint density at radius 2 is 2.06 bits per heavy atom. The minimum absolute atomic E-state index is 0.271. The van der Waals surface area contributed by atoms with Gasteiger partial charge in [0.1, 0.15) is 17.3 Å². The molecule has 0 saturated heterocycles. The molecule has 0 saturated carbocycles. The molecular formula is C12H19N3O3. The molecular weight excluding hydrogens is 234 g/mol. The van der Waals surface area contributed by atoms with Crippen molar-refractivity contribution in [3.8, 4) is 0 Å². The Balaban J connectivity index is 2.57. The van der Waals surface area contributed by atoms with E-state index in [1.165, 1.54) is 4.68 Å². The predicted molar refractivity (Wildman–Crippen MR) is 66.0 cm³/mol. The second kappa shape index (κ2) is 5.20. The van der Waals surface area contributed by atoms with Crippen LogP contribution in [-0.2, 0) is 16.6 Å². The van der Waals surface area contributed by atoms with Crippen LogP contribution >= 0.6 is 0 Å². The number of aryl methyl sites for hydroxylation is 1. The summed E-state index contributed by atoms with van der Waals surface area (Å²) in [6.45, 7) is 6.91. The normalized spacial score (nSPS) is 12.9. The van der Waals surface area contributed by atoms with Crippen LogP contribution in [0, 0.1) is 0 Å². The number of carbonyl (C=O) groups is 2. The van der Waals surface area contributed by atoms with E-state index in [1.807, 2.05) is 0 Å². The van der Waals surface area contributed by atoms with Gasteiger partial charge in [-0.05, 0) is 33.8 Å². The fourth-order valence-corrected chi connectivity index (χ4v) is 1.26. The smallest absolute Gasteiger partial charge is 0.328 e. The average Bonchev–Trinajstić information content (AvgIpc) is 2.62. The number of aromatic nitrogens is 2. The number of nitrogens with one attached hydrogen (secondary N) is 1. The van der Waals surface area contributed by atoms with Crippen molar-refractivity contribution >= 4 is 11.9 Å². The van der Waals surface area contributed by atoms with E-state index < -0.39 is 23.5 Å². The highest BCUT2D eigenvalue weighted by atomic mass is 16.6. The Morgan fingerprint density at radius 3 is 2.50 bits per heavy atom. The lowest BCUT2D eigenvalue weighted by Crippen LogP contribution is -2.42. The number of amides is 1. The van der Waals surface area contributed by atoms with Crippen LogP contribution < -0.4 is 5.32 Å². The van der Waals surface area contributed by atoms with Crippen molar-refractivity contribution in [2.75, 3.05) is 0 Å². The quantitative estimate of drug-likeness (QED) is 0.812. The van der Waals surface area contributed by atoms with E-state index in [0.29, 0.717) is 0 Å². The van der Waals surface area contributed by atoms with Crippen LogP contribution in [0.1, 0.15) is 38.2 Å². The van der Waals surface area contributed by atoms with Gasteiger partial charge in [-0.1, -0.05) is 0 Å². The molecule has 0 bridgehead atoms. The first-order chi connectivity index (χ1) is 8.19. The van der Waals surface area contributed by atoms with Crippen LogP contribution in [0.5, 0.6) is 0 Å². The van der Waals surface area contributed by atoms with Crippen molar-refractivity contribution in [2.24, 2.45) is 7.05 Å². The Bertz CT molecular complexity index is 446. The summed E-state index contributed by atoms with van der Waals surface area (Å²) in [6, 6.07) is 0.871. The summed E-state index contributed by atoms with van der Waals surface area (Å²) in [6.07, 6.45) is 1.66. The van der Waals surface area contributed by atoms with Crippen LogP contribution in [0.3, 0.4) is 0 Å². The molecule has 0 unspecified atom stereocenters. The monoisotopic (exact) mass is 253 g/mol. The van der Waals surface area contributed by atoms with Gasteiger partial charge in [0.05, 0.1) is 0 Å². The summed E-state index contributed by atoms with van der Waals surface area (Å²) in [5, 5.41) is 6.49. The topological polar surface area (TPSA) is 73.2 Å². The second-order valence-corrected chi connectivity index (χ2v) is 5.10. The Kier molecular flexibility index (Phi) is 4.11. The van der Waals surface area contributed by atoms with Crippen LogP contribution in [-0.4, -0.2) is 33.3 Å². The molecule has 0 aliphatic carbocycles. The number of carbonyl (C=O) groups excluding carboxylic acids is 2. The van der Waals surface area contributed by atoms with E-state index in [2.05, 4.69) is 10.4 Å². The molecule has 6 nitrogen and oxygen atoms in total. The van der Waals surface area contributed by atoms with Crippen molar-refractivity contribution in [1.29, 1.82) is 0 Å². The lowest BCUT2D eigenvalue weighted by atomic mass is 10.2.